The number of methoxy groups -OCH3 is 1. The third kappa shape index (κ3) is 4.79. The van der Waals surface area contributed by atoms with Crippen LogP contribution in [0.5, 0.6) is 5.75 Å². The molecule has 0 aliphatic heterocycles. The maximum absolute atomic E-state index is 12.0. The summed E-state index contributed by atoms with van der Waals surface area (Å²) in [4.78, 5) is 23.9. The van der Waals surface area contributed by atoms with Crippen molar-refractivity contribution in [2.24, 2.45) is 0 Å². The van der Waals surface area contributed by atoms with E-state index in [-0.39, 0.29) is 18.5 Å². The molecule has 0 fully saturated rings. The summed E-state index contributed by atoms with van der Waals surface area (Å²) in [5.74, 6) is -0.146. The van der Waals surface area contributed by atoms with Crippen LogP contribution in [0.2, 0.25) is 0 Å². The molecule has 1 aromatic carbocycles. The molecule has 0 aromatic heterocycles. The zero-order chi connectivity index (χ0) is 15.1. The topological polar surface area (TPSA) is 78.9 Å². The number of rotatable bonds is 6. The van der Waals surface area contributed by atoms with Crippen LogP contribution in [0.4, 0.5) is 10.5 Å². The van der Waals surface area contributed by atoms with E-state index in [1.54, 1.807) is 45.3 Å². The van der Waals surface area contributed by atoms with Crippen LogP contribution in [0.1, 0.15) is 19.8 Å². The first-order valence-corrected chi connectivity index (χ1v) is 6.34. The molecule has 1 unspecified atom stereocenters. The Labute approximate surface area is 118 Å². The van der Waals surface area contributed by atoms with Gasteiger partial charge in [-0.05, 0) is 37.6 Å². The average Bonchev–Trinajstić information content (AvgIpc) is 2.44. The van der Waals surface area contributed by atoms with Crippen LogP contribution in [0.3, 0.4) is 0 Å². The monoisotopic (exact) mass is 280 g/mol. The number of nitrogens with one attached hydrogen (secondary N) is 1. The number of ether oxygens (including phenoxy) is 1. The maximum Gasteiger partial charge on any atom is 0.321 e. The van der Waals surface area contributed by atoms with E-state index in [1.807, 2.05) is 0 Å². The molecule has 2 N–H and O–H groups in total. The quantitative estimate of drug-likeness (QED) is 0.836. The fourth-order valence-electron chi connectivity index (χ4n) is 1.64. The van der Waals surface area contributed by atoms with E-state index in [4.69, 9.17) is 9.84 Å². The first-order valence-electron chi connectivity index (χ1n) is 6.34. The number of hydrogen-bond donors (Lipinski definition) is 2. The first kappa shape index (κ1) is 15.8. The average molecular weight is 280 g/mol. The molecular formula is C14H20N2O4. The van der Waals surface area contributed by atoms with E-state index >= 15 is 0 Å². The Hall–Kier alpha value is -2.24. The number of aliphatic carboxylic acids is 1. The van der Waals surface area contributed by atoms with Crippen molar-refractivity contribution in [3.05, 3.63) is 24.3 Å². The van der Waals surface area contributed by atoms with Crippen molar-refractivity contribution in [1.82, 2.24) is 5.32 Å². The summed E-state index contributed by atoms with van der Waals surface area (Å²) in [5.41, 5.74) is 0.730. The summed E-state index contributed by atoms with van der Waals surface area (Å²) in [6, 6.07) is 6.63. The second-order valence-corrected chi connectivity index (χ2v) is 4.54. The van der Waals surface area contributed by atoms with Gasteiger partial charge in [0.25, 0.3) is 0 Å². The molecule has 6 nitrogen and oxygen atoms in total. The molecule has 6 heteroatoms. The summed E-state index contributed by atoms with van der Waals surface area (Å²) in [5, 5.41) is 11.4. The van der Waals surface area contributed by atoms with Crippen LogP contribution < -0.4 is 15.0 Å². The highest BCUT2D eigenvalue weighted by molar-refractivity contribution is 5.91. The minimum atomic E-state index is -0.866. The summed E-state index contributed by atoms with van der Waals surface area (Å²) in [6.45, 7) is 1.78. The molecule has 1 rings (SSSR count). The highest BCUT2D eigenvalue weighted by Crippen LogP contribution is 2.18. The van der Waals surface area contributed by atoms with E-state index in [9.17, 15) is 9.59 Å². The fraction of sp³-hybridized carbons (Fsp3) is 0.429. The normalized spacial score (nSPS) is 11.6. The second kappa shape index (κ2) is 7.37. The number of urea groups is 1. The molecule has 0 bridgehead atoms. The molecular weight excluding hydrogens is 260 g/mol. The molecule has 1 atom stereocenters. The van der Waals surface area contributed by atoms with Gasteiger partial charge in [0.1, 0.15) is 5.75 Å². The van der Waals surface area contributed by atoms with Crippen molar-refractivity contribution in [1.29, 1.82) is 0 Å². The number of nitrogens with zero attached hydrogens (tertiary/aromatic N) is 1. The Morgan fingerprint density at radius 3 is 2.45 bits per heavy atom. The van der Waals surface area contributed by atoms with Gasteiger partial charge in [0.05, 0.1) is 7.11 Å². The molecule has 2 amide bonds. The zero-order valence-electron chi connectivity index (χ0n) is 11.9. The molecule has 0 spiro atoms. The van der Waals surface area contributed by atoms with Gasteiger partial charge >= 0.3 is 12.0 Å². The highest BCUT2D eigenvalue weighted by atomic mass is 16.5. The molecule has 20 heavy (non-hydrogen) atoms. The van der Waals surface area contributed by atoms with Gasteiger partial charge in [-0.25, -0.2) is 4.79 Å². The van der Waals surface area contributed by atoms with Gasteiger partial charge in [0, 0.05) is 25.2 Å². The van der Waals surface area contributed by atoms with Gasteiger partial charge in [0.15, 0.2) is 0 Å². The van der Waals surface area contributed by atoms with E-state index in [0.717, 1.165) is 11.4 Å². The number of benzene rings is 1. The zero-order valence-corrected chi connectivity index (χ0v) is 11.9. The third-order valence-corrected chi connectivity index (χ3v) is 2.93. The largest absolute Gasteiger partial charge is 0.497 e. The van der Waals surface area contributed by atoms with Crippen LogP contribution >= 0.6 is 0 Å². The lowest BCUT2D eigenvalue weighted by molar-refractivity contribution is -0.137. The summed E-state index contributed by atoms with van der Waals surface area (Å²) >= 11 is 0. The molecule has 1 aromatic rings. The minimum absolute atomic E-state index is 0.0354. The summed E-state index contributed by atoms with van der Waals surface area (Å²) in [7, 11) is 3.23. The standard InChI is InChI=1S/C14H20N2O4/c1-10(4-9-13(17)18)15-14(19)16(2)11-5-7-12(20-3)8-6-11/h5-8,10H,4,9H2,1-3H3,(H,15,19)(H,17,18). The van der Waals surface area contributed by atoms with Crippen molar-refractivity contribution in [3.8, 4) is 5.75 Å². The molecule has 0 saturated heterocycles. The number of carbonyl (C=O) groups is 2. The lowest BCUT2D eigenvalue weighted by Gasteiger charge is -2.21. The Bertz CT molecular complexity index is 459. The fourth-order valence-corrected chi connectivity index (χ4v) is 1.64. The molecule has 0 heterocycles. The number of carbonyl (C=O) groups excluding carboxylic acids is 1. The Morgan fingerprint density at radius 2 is 1.95 bits per heavy atom. The molecule has 110 valence electrons. The van der Waals surface area contributed by atoms with Crippen molar-refractivity contribution in [2.45, 2.75) is 25.8 Å². The van der Waals surface area contributed by atoms with Gasteiger partial charge in [-0.1, -0.05) is 0 Å². The van der Waals surface area contributed by atoms with Crippen molar-refractivity contribution < 1.29 is 19.4 Å². The van der Waals surface area contributed by atoms with Gasteiger partial charge in [-0.15, -0.1) is 0 Å². The molecule has 0 aliphatic rings. The lowest BCUT2D eigenvalue weighted by Crippen LogP contribution is -2.42. The van der Waals surface area contributed by atoms with E-state index in [1.165, 1.54) is 4.90 Å². The highest BCUT2D eigenvalue weighted by Gasteiger charge is 2.14. The summed E-state index contributed by atoms with van der Waals surface area (Å²) < 4.78 is 5.05. The van der Waals surface area contributed by atoms with Crippen molar-refractivity contribution in [3.63, 3.8) is 0 Å². The smallest absolute Gasteiger partial charge is 0.321 e. The van der Waals surface area contributed by atoms with Gasteiger partial charge in [0.2, 0.25) is 0 Å². The van der Waals surface area contributed by atoms with Crippen LogP contribution in [0.25, 0.3) is 0 Å². The number of carboxylic acids is 1. The number of anilines is 1. The number of hydrogen-bond acceptors (Lipinski definition) is 3. The Morgan fingerprint density at radius 1 is 1.35 bits per heavy atom. The predicted octanol–water partition coefficient (Wildman–Crippen LogP) is 2.09. The van der Waals surface area contributed by atoms with Crippen LogP contribution in [0.15, 0.2) is 24.3 Å². The Balaban J connectivity index is 2.55. The molecule has 0 aliphatic carbocycles. The van der Waals surface area contributed by atoms with Crippen molar-refractivity contribution in [2.75, 3.05) is 19.1 Å². The summed E-state index contributed by atoms with van der Waals surface area (Å²) in [6.07, 6.45) is 0.436. The lowest BCUT2D eigenvalue weighted by atomic mass is 10.2. The van der Waals surface area contributed by atoms with Crippen LogP contribution in [0, 0.1) is 0 Å². The second-order valence-electron chi connectivity index (χ2n) is 4.54. The third-order valence-electron chi connectivity index (χ3n) is 2.93. The van der Waals surface area contributed by atoms with Crippen molar-refractivity contribution >= 4 is 17.7 Å². The number of amides is 2. The van der Waals surface area contributed by atoms with E-state index in [2.05, 4.69) is 5.32 Å². The molecule has 0 saturated carbocycles. The van der Waals surface area contributed by atoms with E-state index < -0.39 is 5.97 Å². The van der Waals surface area contributed by atoms with Crippen LogP contribution in [-0.4, -0.2) is 37.3 Å². The van der Waals surface area contributed by atoms with Gasteiger partial charge < -0.3 is 15.2 Å². The first-order chi connectivity index (χ1) is 9.43. The van der Waals surface area contributed by atoms with Crippen LogP contribution in [-0.2, 0) is 4.79 Å². The van der Waals surface area contributed by atoms with Gasteiger partial charge in [-0.3, -0.25) is 9.69 Å². The number of carboxylic acid groups (broad SMARTS) is 1. The SMILES string of the molecule is COc1ccc(N(C)C(=O)NC(C)CCC(=O)O)cc1. The molecule has 0 radical (unpaired) electrons. The maximum atomic E-state index is 12.0. The minimum Gasteiger partial charge on any atom is -0.497 e. The van der Waals surface area contributed by atoms with E-state index in [0.29, 0.717) is 6.42 Å². The Kier molecular flexibility index (Phi) is 5.83. The predicted molar refractivity (Wildman–Crippen MR) is 76.3 cm³/mol. The van der Waals surface area contributed by atoms with Gasteiger partial charge in [-0.2, -0.15) is 0 Å².